The Hall–Kier alpha value is -4.20. The van der Waals surface area contributed by atoms with Crippen LogP contribution in [0.3, 0.4) is 0 Å². The summed E-state index contributed by atoms with van der Waals surface area (Å²) in [7, 11) is 1.33. The lowest BCUT2D eigenvalue weighted by atomic mass is 10.1. The number of Topliss-reactive ketones (excluding diaryl/α,β-unsaturated/α-hetero) is 1. The van der Waals surface area contributed by atoms with Crippen molar-refractivity contribution in [2.75, 3.05) is 30.5 Å². The summed E-state index contributed by atoms with van der Waals surface area (Å²) in [5.74, 6) is 0.396. The molecule has 0 radical (unpaired) electrons. The molecule has 1 aliphatic rings. The number of esters is 1. The first-order chi connectivity index (χ1) is 15.5. The van der Waals surface area contributed by atoms with Crippen molar-refractivity contribution in [1.82, 2.24) is 4.98 Å². The molecule has 1 N–H and O–H groups in total. The van der Waals surface area contributed by atoms with Crippen molar-refractivity contribution >= 4 is 29.3 Å². The number of aromatic nitrogens is 1. The molecule has 2 amide bonds. The molecule has 0 bridgehead atoms. The van der Waals surface area contributed by atoms with E-state index in [1.807, 2.05) is 0 Å². The molecule has 0 saturated carbocycles. The summed E-state index contributed by atoms with van der Waals surface area (Å²) in [5, 5.41) is 2.82. The maximum absolute atomic E-state index is 13.0. The topological polar surface area (TPSA) is 97.8 Å². The number of carbonyl (C=O) groups excluding carboxylic acids is 3. The maximum atomic E-state index is 13.0. The monoisotopic (exact) mass is 431 g/mol. The van der Waals surface area contributed by atoms with Gasteiger partial charge in [-0.15, -0.1) is 0 Å². The summed E-state index contributed by atoms with van der Waals surface area (Å²) >= 11 is 0. The fourth-order valence-corrected chi connectivity index (χ4v) is 3.35. The highest BCUT2D eigenvalue weighted by Gasteiger charge is 2.26. The summed E-state index contributed by atoms with van der Waals surface area (Å²) in [6.07, 6.45) is 0. The number of amides is 2. The standard InChI is InChI=1S/C24H21N3O5/c1-15(28)18-4-3-5-19(14-18)25-24(30)27-12-13-32-21-11-10-20(26-22(21)27)16-6-8-17(9-7-16)23(29)31-2/h3-11,14H,12-13H2,1-2H3,(H,25,30). The lowest BCUT2D eigenvalue weighted by Crippen LogP contribution is -2.41. The van der Waals surface area contributed by atoms with Gasteiger partial charge in [-0.2, -0.15) is 0 Å². The van der Waals surface area contributed by atoms with Gasteiger partial charge in [0.15, 0.2) is 17.4 Å². The molecule has 0 saturated heterocycles. The molecular formula is C24H21N3O5. The van der Waals surface area contributed by atoms with Crippen molar-refractivity contribution in [3.63, 3.8) is 0 Å². The maximum Gasteiger partial charge on any atom is 0.337 e. The van der Waals surface area contributed by atoms with Crippen molar-refractivity contribution < 1.29 is 23.9 Å². The second kappa shape index (κ2) is 8.89. The van der Waals surface area contributed by atoms with Gasteiger partial charge in [0.05, 0.1) is 24.9 Å². The van der Waals surface area contributed by atoms with E-state index >= 15 is 0 Å². The van der Waals surface area contributed by atoms with Gasteiger partial charge in [-0.25, -0.2) is 14.6 Å². The minimum atomic E-state index is -0.417. The number of methoxy groups -OCH3 is 1. The number of hydrogen-bond donors (Lipinski definition) is 1. The van der Waals surface area contributed by atoms with Gasteiger partial charge in [0.2, 0.25) is 0 Å². The zero-order chi connectivity index (χ0) is 22.7. The van der Waals surface area contributed by atoms with Gasteiger partial charge >= 0.3 is 12.0 Å². The quantitative estimate of drug-likeness (QED) is 0.492. The van der Waals surface area contributed by atoms with Crippen molar-refractivity contribution in [1.29, 1.82) is 0 Å². The third-order valence-electron chi connectivity index (χ3n) is 5.03. The average Bonchev–Trinajstić information content (AvgIpc) is 2.83. The molecule has 8 nitrogen and oxygen atoms in total. The van der Waals surface area contributed by atoms with E-state index < -0.39 is 5.97 Å². The van der Waals surface area contributed by atoms with E-state index in [2.05, 4.69) is 10.3 Å². The Balaban J connectivity index is 1.60. The Morgan fingerprint density at radius 1 is 1.03 bits per heavy atom. The number of rotatable bonds is 4. The van der Waals surface area contributed by atoms with Crippen LogP contribution in [0, 0.1) is 0 Å². The summed E-state index contributed by atoms with van der Waals surface area (Å²) < 4.78 is 10.4. The van der Waals surface area contributed by atoms with Gasteiger partial charge in [-0.3, -0.25) is 9.69 Å². The second-order valence-electron chi connectivity index (χ2n) is 7.15. The normalized spacial score (nSPS) is 12.4. The molecule has 4 rings (SSSR count). The number of fused-ring (bicyclic) bond motifs is 1. The van der Waals surface area contributed by atoms with Crippen molar-refractivity contribution in [3.8, 4) is 17.0 Å². The highest BCUT2D eigenvalue weighted by atomic mass is 16.5. The van der Waals surface area contributed by atoms with Crippen LogP contribution in [-0.4, -0.2) is 43.0 Å². The number of ketones is 1. The molecule has 162 valence electrons. The number of pyridine rings is 1. The number of benzene rings is 2. The van der Waals surface area contributed by atoms with E-state index in [1.54, 1.807) is 60.7 Å². The smallest absolute Gasteiger partial charge is 0.337 e. The first-order valence-electron chi connectivity index (χ1n) is 9.98. The summed E-state index contributed by atoms with van der Waals surface area (Å²) in [6, 6.07) is 16.8. The van der Waals surface area contributed by atoms with Crippen LogP contribution < -0.4 is 15.0 Å². The van der Waals surface area contributed by atoms with Crippen LogP contribution in [0.2, 0.25) is 0 Å². The third kappa shape index (κ3) is 4.29. The number of ether oxygens (including phenoxy) is 2. The molecule has 8 heteroatoms. The predicted octanol–water partition coefficient (Wildman–Crippen LogP) is 4.17. The summed E-state index contributed by atoms with van der Waals surface area (Å²) in [6.45, 7) is 2.13. The highest BCUT2D eigenvalue weighted by Crippen LogP contribution is 2.33. The number of hydrogen-bond acceptors (Lipinski definition) is 6. The Morgan fingerprint density at radius 3 is 2.53 bits per heavy atom. The lowest BCUT2D eigenvalue weighted by molar-refractivity contribution is 0.0600. The lowest BCUT2D eigenvalue weighted by Gasteiger charge is -2.29. The van der Waals surface area contributed by atoms with Crippen molar-refractivity contribution in [2.45, 2.75) is 6.92 Å². The Morgan fingerprint density at radius 2 is 1.81 bits per heavy atom. The molecule has 0 atom stereocenters. The van der Waals surface area contributed by atoms with Gasteiger partial charge in [-0.05, 0) is 43.3 Å². The van der Waals surface area contributed by atoms with Crippen molar-refractivity contribution in [2.24, 2.45) is 0 Å². The summed E-state index contributed by atoms with van der Waals surface area (Å²) in [4.78, 5) is 42.4. The van der Waals surface area contributed by atoms with Crippen molar-refractivity contribution in [3.05, 3.63) is 71.8 Å². The van der Waals surface area contributed by atoms with E-state index in [4.69, 9.17) is 9.47 Å². The molecule has 0 spiro atoms. The van der Waals surface area contributed by atoms with Crippen LogP contribution in [0.1, 0.15) is 27.6 Å². The van der Waals surface area contributed by atoms with Gasteiger partial charge in [0, 0.05) is 16.8 Å². The van der Waals surface area contributed by atoms with E-state index in [1.165, 1.54) is 18.9 Å². The van der Waals surface area contributed by atoms with Gasteiger partial charge < -0.3 is 14.8 Å². The molecule has 3 aromatic rings. The largest absolute Gasteiger partial charge is 0.488 e. The van der Waals surface area contributed by atoms with Crippen LogP contribution in [0.25, 0.3) is 11.3 Å². The predicted molar refractivity (Wildman–Crippen MR) is 119 cm³/mol. The van der Waals surface area contributed by atoms with Gasteiger partial charge in [0.25, 0.3) is 0 Å². The zero-order valence-electron chi connectivity index (χ0n) is 17.6. The number of nitrogens with zero attached hydrogens (tertiary/aromatic N) is 2. The van der Waals surface area contributed by atoms with Gasteiger partial charge in [0.1, 0.15) is 6.61 Å². The number of nitrogens with one attached hydrogen (secondary N) is 1. The second-order valence-corrected chi connectivity index (χ2v) is 7.15. The molecule has 0 unspecified atom stereocenters. The van der Waals surface area contributed by atoms with Gasteiger partial charge in [-0.1, -0.05) is 24.3 Å². The molecule has 1 aliphatic heterocycles. The first kappa shape index (κ1) is 21.0. The van der Waals surface area contributed by atoms with Crippen LogP contribution >= 0.6 is 0 Å². The molecule has 0 aliphatic carbocycles. The first-order valence-corrected chi connectivity index (χ1v) is 9.98. The fraction of sp³-hybridized carbons (Fsp3) is 0.167. The number of carbonyl (C=O) groups is 3. The van der Waals surface area contributed by atoms with E-state index in [9.17, 15) is 14.4 Å². The SMILES string of the molecule is COC(=O)c1ccc(-c2ccc3c(n2)N(C(=O)Nc2cccc(C(C)=O)c2)CCO3)cc1. The number of anilines is 2. The number of urea groups is 1. The summed E-state index contributed by atoms with van der Waals surface area (Å²) in [5.41, 5.74) is 2.88. The average molecular weight is 431 g/mol. The minimum Gasteiger partial charge on any atom is -0.488 e. The molecular weight excluding hydrogens is 410 g/mol. The third-order valence-corrected chi connectivity index (χ3v) is 5.03. The molecule has 2 aromatic carbocycles. The van der Waals surface area contributed by atoms with Crippen LogP contribution in [-0.2, 0) is 4.74 Å². The Kier molecular flexibility index (Phi) is 5.85. The molecule has 0 fully saturated rings. The van der Waals surface area contributed by atoms with Crippen LogP contribution in [0.5, 0.6) is 5.75 Å². The van der Waals surface area contributed by atoms with E-state index in [0.29, 0.717) is 47.2 Å². The van der Waals surface area contributed by atoms with E-state index in [-0.39, 0.29) is 11.8 Å². The minimum absolute atomic E-state index is 0.0812. The van der Waals surface area contributed by atoms with E-state index in [0.717, 1.165) is 5.56 Å². The fourth-order valence-electron chi connectivity index (χ4n) is 3.35. The van der Waals surface area contributed by atoms with Crippen LogP contribution in [0.15, 0.2) is 60.7 Å². The van der Waals surface area contributed by atoms with Crippen LogP contribution in [0.4, 0.5) is 16.3 Å². The molecule has 1 aromatic heterocycles. The Labute approximate surface area is 184 Å². The Bertz CT molecular complexity index is 1190. The zero-order valence-corrected chi connectivity index (χ0v) is 17.6. The molecule has 32 heavy (non-hydrogen) atoms. The highest BCUT2D eigenvalue weighted by molar-refractivity contribution is 6.03. The molecule has 2 heterocycles.